The minimum Gasteiger partial charge on any atom is -0.380 e. The van der Waals surface area contributed by atoms with E-state index in [1.165, 1.54) is 5.69 Å². The average molecular weight is 211 g/mol. The summed E-state index contributed by atoms with van der Waals surface area (Å²) < 4.78 is 7.21. The van der Waals surface area contributed by atoms with Gasteiger partial charge < -0.3 is 10.5 Å². The molecule has 0 bridgehead atoms. The van der Waals surface area contributed by atoms with Crippen LogP contribution in [-0.4, -0.2) is 29.0 Å². The molecule has 15 heavy (non-hydrogen) atoms. The van der Waals surface area contributed by atoms with E-state index in [1.54, 1.807) is 7.11 Å². The number of nitrogens with two attached hydrogens (primary N) is 1. The Balaban J connectivity index is 2.70. The molecular weight excluding hydrogens is 190 g/mol. The minimum atomic E-state index is 0.0244. The second-order valence-corrected chi connectivity index (χ2v) is 3.90. The molecule has 2 unspecified atom stereocenters. The number of aromatic nitrogens is 2. The van der Waals surface area contributed by atoms with Crippen molar-refractivity contribution in [3.05, 3.63) is 17.5 Å². The van der Waals surface area contributed by atoms with E-state index in [0.717, 1.165) is 18.7 Å². The topological polar surface area (TPSA) is 53.1 Å². The van der Waals surface area contributed by atoms with Crippen LogP contribution in [0.3, 0.4) is 0 Å². The second kappa shape index (κ2) is 5.28. The normalized spacial score (nSPS) is 15.3. The van der Waals surface area contributed by atoms with Crippen molar-refractivity contribution in [1.82, 2.24) is 9.78 Å². The molecule has 0 radical (unpaired) electrons. The van der Waals surface area contributed by atoms with E-state index in [4.69, 9.17) is 10.5 Å². The zero-order chi connectivity index (χ0) is 11.4. The van der Waals surface area contributed by atoms with E-state index in [1.807, 2.05) is 18.5 Å². The van der Waals surface area contributed by atoms with Gasteiger partial charge in [0.15, 0.2) is 0 Å². The van der Waals surface area contributed by atoms with Crippen LogP contribution in [-0.2, 0) is 17.7 Å². The highest BCUT2D eigenvalue weighted by atomic mass is 16.5. The van der Waals surface area contributed by atoms with Gasteiger partial charge in [0.2, 0.25) is 0 Å². The van der Waals surface area contributed by atoms with Crippen LogP contribution >= 0.6 is 0 Å². The second-order valence-electron chi connectivity index (χ2n) is 3.90. The maximum atomic E-state index is 6.03. The van der Waals surface area contributed by atoms with Gasteiger partial charge in [0.05, 0.1) is 11.8 Å². The van der Waals surface area contributed by atoms with Crippen LogP contribution in [0.25, 0.3) is 0 Å². The Labute approximate surface area is 91.4 Å². The highest BCUT2D eigenvalue weighted by molar-refractivity contribution is 5.10. The van der Waals surface area contributed by atoms with Crippen molar-refractivity contribution in [3.63, 3.8) is 0 Å². The highest BCUT2D eigenvalue weighted by Gasteiger charge is 2.15. The van der Waals surface area contributed by atoms with Crippen LogP contribution in [0, 0.1) is 6.92 Å². The van der Waals surface area contributed by atoms with E-state index in [-0.39, 0.29) is 12.1 Å². The predicted molar refractivity (Wildman–Crippen MR) is 60.8 cm³/mol. The highest BCUT2D eigenvalue weighted by Crippen LogP contribution is 2.08. The Morgan fingerprint density at radius 2 is 2.27 bits per heavy atom. The Kier molecular flexibility index (Phi) is 4.29. The van der Waals surface area contributed by atoms with E-state index in [2.05, 4.69) is 18.1 Å². The molecule has 2 atom stereocenters. The fourth-order valence-corrected chi connectivity index (χ4v) is 1.62. The summed E-state index contributed by atoms with van der Waals surface area (Å²) in [5, 5.41) is 4.39. The van der Waals surface area contributed by atoms with Gasteiger partial charge in [-0.15, -0.1) is 0 Å². The molecule has 0 aromatic carbocycles. The molecule has 4 nitrogen and oxygen atoms in total. The van der Waals surface area contributed by atoms with Gasteiger partial charge >= 0.3 is 0 Å². The van der Waals surface area contributed by atoms with Crippen molar-refractivity contribution in [2.24, 2.45) is 5.73 Å². The van der Waals surface area contributed by atoms with Crippen molar-refractivity contribution in [2.75, 3.05) is 7.11 Å². The quantitative estimate of drug-likeness (QED) is 0.794. The van der Waals surface area contributed by atoms with E-state index >= 15 is 0 Å². The molecule has 0 spiro atoms. The van der Waals surface area contributed by atoms with Gasteiger partial charge in [0, 0.05) is 31.8 Å². The summed E-state index contributed by atoms with van der Waals surface area (Å²) in [6.07, 6.45) is 0.884. The Bertz CT molecular complexity index is 309. The van der Waals surface area contributed by atoms with E-state index < -0.39 is 0 Å². The molecule has 2 N–H and O–H groups in total. The third kappa shape index (κ3) is 3.04. The standard InChI is InChI=1S/C11H21N3O/c1-5-14-10(6-8(2)13-14)7-11(12)9(3)15-4/h6,9,11H,5,7,12H2,1-4H3. The number of methoxy groups -OCH3 is 1. The van der Waals surface area contributed by atoms with Gasteiger partial charge in [-0.1, -0.05) is 0 Å². The fraction of sp³-hybridized carbons (Fsp3) is 0.727. The van der Waals surface area contributed by atoms with Crippen molar-refractivity contribution in [2.45, 2.75) is 45.9 Å². The van der Waals surface area contributed by atoms with Crippen LogP contribution in [0.1, 0.15) is 25.2 Å². The number of nitrogens with zero attached hydrogens (tertiary/aromatic N) is 2. The van der Waals surface area contributed by atoms with Crippen molar-refractivity contribution in [1.29, 1.82) is 0 Å². The monoisotopic (exact) mass is 211 g/mol. The molecule has 0 saturated heterocycles. The van der Waals surface area contributed by atoms with Crippen molar-refractivity contribution < 1.29 is 4.74 Å². The number of rotatable bonds is 5. The molecule has 0 amide bonds. The fourth-order valence-electron chi connectivity index (χ4n) is 1.62. The first-order chi connectivity index (χ1) is 7.08. The van der Waals surface area contributed by atoms with E-state index in [9.17, 15) is 0 Å². The van der Waals surface area contributed by atoms with Crippen molar-refractivity contribution in [3.8, 4) is 0 Å². The van der Waals surface area contributed by atoms with Crippen molar-refractivity contribution >= 4 is 0 Å². The summed E-state index contributed by atoms with van der Waals surface area (Å²) in [7, 11) is 1.69. The van der Waals surface area contributed by atoms with Gasteiger partial charge in [-0.05, 0) is 26.8 Å². The molecule has 0 fully saturated rings. The summed E-state index contributed by atoms with van der Waals surface area (Å²) >= 11 is 0. The minimum absolute atomic E-state index is 0.0244. The lowest BCUT2D eigenvalue weighted by molar-refractivity contribution is 0.0949. The predicted octanol–water partition coefficient (Wildman–Crippen LogP) is 1.12. The average Bonchev–Trinajstić information content (AvgIpc) is 2.57. The Morgan fingerprint density at radius 3 is 2.80 bits per heavy atom. The van der Waals surface area contributed by atoms with Crippen LogP contribution in [0.15, 0.2) is 6.07 Å². The number of ether oxygens (including phenoxy) is 1. The van der Waals surface area contributed by atoms with Crippen LogP contribution in [0.4, 0.5) is 0 Å². The molecule has 0 aliphatic carbocycles. The van der Waals surface area contributed by atoms with Crippen LogP contribution < -0.4 is 5.73 Å². The van der Waals surface area contributed by atoms with Gasteiger partial charge in [-0.2, -0.15) is 5.10 Å². The lowest BCUT2D eigenvalue weighted by Crippen LogP contribution is -2.36. The molecule has 1 aromatic rings. The zero-order valence-electron chi connectivity index (χ0n) is 10.0. The van der Waals surface area contributed by atoms with Crippen LogP contribution in [0.5, 0.6) is 0 Å². The summed E-state index contributed by atoms with van der Waals surface area (Å²) in [5.74, 6) is 0. The third-order valence-electron chi connectivity index (χ3n) is 2.70. The molecule has 86 valence electrons. The molecule has 4 heteroatoms. The lowest BCUT2D eigenvalue weighted by Gasteiger charge is -2.18. The van der Waals surface area contributed by atoms with Gasteiger partial charge in [0.25, 0.3) is 0 Å². The SMILES string of the molecule is CCn1nc(C)cc1CC(N)C(C)OC. The number of hydrogen-bond acceptors (Lipinski definition) is 3. The Hall–Kier alpha value is -0.870. The number of hydrogen-bond donors (Lipinski definition) is 1. The van der Waals surface area contributed by atoms with Gasteiger partial charge in [-0.25, -0.2) is 0 Å². The smallest absolute Gasteiger partial charge is 0.0697 e. The molecule has 1 rings (SSSR count). The molecule has 0 saturated carbocycles. The molecule has 0 aliphatic heterocycles. The largest absolute Gasteiger partial charge is 0.380 e. The first kappa shape index (κ1) is 12.2. The third-order valence-corrected chi connectivity index (χ3v) is 2.70. The molecule has 1 heterocycles. The summed E-state index contributed by atoms with van der Waals surface area (Å²) in [5.41, 5.74) is 8.26. The Morgan fingerprint density at radius 1 is 1.60 bits per heavy atom. The van der Waals surface area contributed by atoms with Crippen LogP contribution in [0.2, 0.25) is 0 Å². The van der Waals surface area contributed by atoms with E-state index in [0.29, 0.717) is 0 Å². The zero-order valence-corrected chi connectivity index (χ0v) is 10.0. The summed E-state index contributed by atoms with van der Waals surface area (Å²) in [4.78, 5) is 0. The first-order valence-corrected chi connectivity index (χ1v) is 5.40. The summed E-state index contributed by atoms with van der Waals surface area (Å²) in [6.45, 7) is 6.96. The maximum Gasteiger partial charge on any atom is 0.0697 e. The van der Waals surface area contributed by atoms with Gasteiger partial charge in [0.1, 0.15) is 0 Å². The molecule has 1 aromatic heterocycles. The number of aryl methyl sites for hydroxylation is 2. The lowest BCUT2D eigenvalue weighted by atomic mass is 10.1. The first-order valence-electron chi connectivity index (χ1n) is 5.40. The molecule has 0 aliphatic rings. The summed E-state index contributed by atoms with van der Waals surface area (Å²) in [6, 6.07) is 2.11. The van der Waals surface area contributed by atoms with Gasteiger partial charge in [-0.3, -0.25) is 4.68 Å². The molecular formula is C11H21N3O. The maximum absolute atomic E-state index is 6.03.